The van der Waals surface area contributed by atoms with Crippen LogP contribution in [0.15, 0.2) is 18.2 Å². The average molecular weight is 288 g/mol. The van der Waals surface area contributed by atoms with E-state index in [4.69, 9.17) is 4.98 Å². The van der Waals surface area contributed by atoms with Crippen LogP contribution in [0.5, 0.6) is 0 Å². The molecule has 0 saturated carbocycles. The van der Waals surface area contributed by atoms with E-state index < -0.39 is 0 Å². The van der Waals surface area contributed by atoms with Gasteiger partial charge in [0.25, 0.3) is 0 Å². The summed E-state index contributed by atoms with van der Waals surface area (Å²) >= 11 is 1.85. The molecule has 1 aliphatic rings. The minimum atomic E-state index is 0.146. The molecular weight excluding hydrogens is 264 g/mol. The second-order valence-corrected chi connectivity index (χ2v) is 7.98. The number of hydrogen-bond acceptors (Lipinski definition) is 3. The van der Waals surface area contributed by atoms with Gasteiger partial charge in [-0.25, -0.2) is 4.98 Å². The summed E-state index contributed by atoms with van der Waals surface area (Å²) in [6, 6.07) is 6.67. The van der Waals surface area contributed by atoms with Crippen LogP contribution >= 0.6 is 11.3 Å². The average Bonchev–Trinajstić information content (AvgIpc) is 2.85. The van der Waals surface area contributed by atoms with Crippen molar-refractivity contribution in [3.63, 3.8) is 0 Å². The molecule has 1 aromatic carbocycles. The Hall–Kier alpha value is -0.930. The lowest BCUT2D eigenvalue weighted by molar-refractivity contribution is 0.376. The first kappa shape index (κ1) is 14.0. The molecule has 2 aromatic rings. The number of rotatable bonds is 2. The minimum Gasteiger partial charge on any atom is -0.316 e. The standard InChI is InChI=1S/C17H24N2S/c1-17(2,3)16-19-15-13(7-4-8-14(15)20-16)10-12-6-5-9-18-11-12/h4,7-8,12,18H,5-6,9-11H2,1-3H3. The molecule has 0 aliphatic carbocycles. The molecule has 1 saturated heterocycles. The molecule has 2 nitrogen and oxygen atoms in total. The van der Waals surface area contributed by atoms with E-state index in [1.165, 1.54) is 40.2 Å². The van der Waals surface area contributed by atoms with Gasteiger partial charge in [-0.15, -0.1) is 11.3 Å². The molecule has 3 heteroatoms. The number of aromatic nitrogens is 1. The molecule has 3 rings (SSSR count). The number of benzene rings is 1. The van der Waals surface area contributed by atoms with Gasteiger partial charge in [0.15, 0.2) is 0 Å². The fraction of sp³-hybridized carbons (Fsp3) is 0.588. The molecule has 20 heavy (non-hydrogen) atoms. The maximum absolute atomic E-state index is 4.95. The minimum absolute atomic E-state index is 0.146. The SMILES string of the molecule is CC(C)(C)c1nc2c(CC3CCCNC3)cccc2s1. The van der Waals surface area contributed by atoms with Crippen LogP contribution in [0.2, 0.25) is 0 Å². The van der Waals surface area contributed by atoms with Crippen molar-refractivity contribution < 1.29 is 0 Å². The first-order valence-electron chi connectivity index (χ1n) is 7.63. The zero-order valence-electron chi connectivity index (χ0n) is 12.7. The van der Waals surface area contributed by atoms with Gasteiger partial charge in [-0.3, -0.25) is 0 Å². The lowest BCUT2D eigenvalue weighted by atomic mass is 9.92. The van der Waals surface area contributed by atoms with Crippen molar-refractivity contribution in [2.75, 3.05) is 13.1 Å². The number of nitrogens with zero attached hydrogens (tertiary/aromatic N) is 1. The third-order valence-electron chi connectivity index (χ3n) is 4.05. The van der Waals surface area contributed by atoms with Crippen molar-refractivity contribution in [2.45, 2.75) is 45.4 Å². The van der Waals surface area contributed by atoms with Crippen molar-refractivity contribution in [3.05, 3.63) is 28.8 Å². The molecule has 0 bridgehead atoms. The van der Waals surface area contributed by atoms with Crippen LogP contribution in [0.4, 0.5) is 0 Å². The van der Waals surface area contributed by atoms with Crippen molar-refractivity contribution in [3.8, 4) is 0 Å². The van der Waals surface area contributed by atoms with E-state index in [1.807, 2.05) is 11.3 Å². The number of hydrogen-bond donors (Lipinski definition) is 1. The summed E-state index contributed by atoms with van der Waals surface area (Å²) in [5.41, 5.74) is 2.82. The maximum Gasteiger partial charge on any atom is 0.0992 e. The first-order valence-corrected chi connectivity index (χ1v) is 8.45. The topological polar surface area (TPSA) is 24.9 Å². The predicted octanol–water partition coefficient (Wildman–Crippen LogP) is 4.14. The second kappa shape index (κ2) is 5.45. The van der Waals surface area contributed by atoms with Crippen molar-refractivity contribution in [2.24, 2.45) is 5.92 Å². The van der Waals surface area contributed by atoms with E-state index in [2.05, 4.69) is 44.3 Å². The highest BCUT2D eigenvalue weighted by molar-refractivity contribution is 7.18. The van der Waals surface area contributed by atoms with Crippen LogP contribution in [0.25, 0.3) is 10.2 Å². The maximum atomic E-state index is 4.95. The summed E-state index contributed by atoms with van der Waals surface area (Å²) in [5, 5.41) is 4.77. The Bertz CT molecular complexity index is 589. The third kappa shape index (κ3) is 2.89. The molecule has 1 aromatic heterocycles. The third-order valence-corrected chi connectivity index (χ3v) is 5.50. The van der Waals surface area contributed by atoms with Gasteiger partial charge in [-0.05, 0) is 49.9 Å². The fourth-order valence-electron chi connectivity index (χ4n) is 2.90. The van der Waals surface area contributed by atoms with Gasteiger partial charge in [0.1, 0.15) is 0 Å². The summed E-state index contributed by atoms with van der Waals surface area (Å²) < 4.78 is 1.34. The molecule has 1 fully saturated rings. The molecular formula is C17H24N2S. The smallest absolute Gasteiger partial charge is 0.0992 e. The zero-order valence-corrected chi connectivity index (χ0v) is 13.5. The lowest BCUT2D eigenvalue weighted by Crippen LogP contribution is -2.30. The molecule has 1 atom stereocenters. The molecule has 108 valence electrons. The molecule has 0 radical (unpaired) electrons. The van der Waals surface area contributed by atoms with Gasteiger partial charge in [0.05, 0.1) is 15.2 Å². The van der Waals surface area contributed by atoms with Gasteiger partial charge in [0, 0.05) is 5.41 Å². The summed E-state index contributed by atoms with van der Waals surface area (Å²) in [5.74, 6) is 0.772. The summed E-state index contributed by atoms with van der Waals surface area (Å²) in [4.78, 5) is 4.95. The van der Waals surface area contributed by atoms with Crippen LogP contribution in [0.3, 0.4) is 0 Å². The summed E-state index contributed by atoms with van der Waals surface area (Å²) in [6.07, 6.45) is 3.82. The Kier molecular flexibility index (Phi) is 3.83. The number of fused-ring (bicyclic) bond motifs is 1. The largest absolute Gasteiger partial charge is 0.316 e. The zero-order chi connectivity index (χ0) is 14.2. The van der Waals surface area contributed by atoms with E-state index in [1.54, 1.807) is 0 Å². The molecule has 2 heterocycles. The Morgan fingerprint density at radius 3 is 2.90 bits per heavy atom. The van der Waals surface area contributed by atoms with Crippen LogP contribution in [-0.2, 0) is 11.8 Å². The number of thiazole rings is 1. The molecule has 1 unspecified atom stereocenters. The summed E-state index contributed by atoms with van der Waals surface area (Å²) in [6.45, 7) is 9.08. The molecule has 1 N–H and O–H groups in total. The van der Waals surface area contributed by atoms with Crippen LogP contribution in [-0.4, -0.2) is 18.1 Å². The highest BCUT2D eigenvalue weighted by Gasteiger charge is 2.21. The second-order valence-electron chi connectivity index (χ2n) is 6.95. The monoisotopic (exact) mass is 288 g/mol. The van der Waals surface area contributed by atoms with Gasteiger partial charge in [-0.2, -0.15) is 0 Å². The van der Waals surface area contributed by atoms with Gasteiger partial charge >= 0.3 is 0 Å². The normalized spacial score (nSPS) is 20.4. The number of para-hydroxylation sites is 1. The Morgan fingerprint density at radius 2 is 2.20 bits per heavy atom. The van der Waals surface area contributed by atoms with Crippen molar-refractivity contribution in [1.29, 1.82) is 0 Å². The van der Waals surface area contributed by atoms with Crippen LogP contribution in [0.1, 0.15) is 44.2 Å². The highest BCUT2D eigenvalue weighted by atomic mass is 32.1. The van der Waals surface area contributed by atoms with Crippen molar-refractivity contribution in [1.82, 2.24) is 10.3 Å². The summed E-state index contributed by atoms with van der Waals surface area (Å²) in [7, 11) is 0. The molecule has 1 aliphatic heterocycles. The van der Waals surface area contributed by atoms with E-state index in [0.717, 1.165) is 18.9 Å². The van der Waals surface area contributed by atoms with Crippen LogP contribution in [0, 0.1) is 5.92 Å². The Morgan fingerprint density at radius 1 is 1.35 bits per heavy atom. The molecule has 0 amide bonds. The van der Waals surface area contributed by atoms with Gasteiger partial charge < -0.3 is 5.32 Å². The molecule has 0 spiro atoms. The van der Waals surface area contributed by atoms with Crippen molar-refractivity contribution >= 4 is 21.6 Å². The Labute approximate surface area is 125 Å². The van der Waals surface area contributed by atoms with E-state index in [-0.39, 0.29) is 5.41 Å². The van der Waals surface area contributed by atoms with E-state index >= 15 is 0 Å². The lowest BCUT2D eigenvalue weighted by Gasteiger charge is -2.22. The van der Waals surface area contributed by atoms with Gasteiger partial charge in [0.2, 0.25) is 0 Å². The highest BCUT2D eigenvalue weighted by Crippen LogP contribution is 2.33. The van der Waals surface area contributed by atoms with E-state index in [0.29, 0.717) is 0 Å². The number of nitrogens with one attached hydrogen (secondary N) is 1. The Balaban J connectivity index is 1.92. The number of piperidine rings is 1. The van der Waals surface area contributed by atoms with Gasteiger partial charge in [-0.1, -0.05) is 32.9 Å². The predicted molar refractivity (Wildman–Crippen MR) is 87.6 cm³/mol. The fourth-order valence-corrected chi connectivity index (χ4v) is 3.97. The first-order chi connectivity index (χ1) is 9.54. The quantitative estimate of drug-likeness (QED) is 0.898. The van der Waals surface area contributed by atoms with E-state index in [9.17, 15) is 0 Å². The van der Waals surface area contributed by atoms with Crippen LogP contribution < -0.4 is 5.32 Å².